The molecule has 0 bridgehead atoms. The van der Waals surface area contributed by atoms with Crippen molar-refractivity contribution in [2.75, 3.05) is 18.5 Å². The molecule has 0 spiro atoms. The minimum Gasteiger partial charge on any atom is -0.486 e. The van der Waals surface area contributed by atoms with Crippen molar-refractivity contribution in [2.24, 2.45) is 0 Å². The van der Waals surface area contributed by atoms with E-state index in [1.54, 1.807) is 30.3 Å². The lowest BCUT2D eigenvalue weighted by Gasteiger charge is -2.19. The summed E-state index contributed by atoms with van der Waals surface area (Å²) in [5.74, 6) is 0.154. The Bertz CT molecular complexity index is 791. The number of ether oxygens (including phenoxy) is 3. The summed E-state index contributed by atoms with van der Waals surface area (Å²) >= 11 is 5.78. The van der Waals surface area contributed by atoms with Gasteiger partial charge < -0.3 is 19.5 Å². The van der Waals surface area contributed by atoms with Crippen LogP contribution in [0.4, 0.5) is 5.69 Å². The van der Waals surface area contributed by atoms with Crippen molar-refractivity contribution in [3.05, 3.63) is 53.1 Å². The third kappa shape index (κ3) is 4.22. The van der Waals surface area contributed by atoms with E-state index in [0.717, 1.165) is 0 Å². The van der Waals surface area contributed by atoms with E-state index in [0.29, 0.717) is 41.0 Å². The molecule has 0 radical (unpaired) electrons. The van der Waals surface area contributed by atoms with Crippen LogP contribution in [0.15, 0.2) is 42.5 Å². The third-order valence-corrected chi connectivity index (χ3v) is 3.79. The van der Waals surface area contributed by atoms with Crippen molar-refractivity contribution < 1.29 is 23.8 Å². The molecule has 1 aliphatic heterocycles. The standard InChI is InChI=1S/C18H16ClNO5/c1-11(25-18(22)12-2-4-13(19)5-3-12)17(21)20-14-6-7-15-16(10-14)24-9-8-23-15/h2-7,10-11H,8-9H2,1H3,(H,20,21). The van der Waals surface area contributed by atoms with Crippen LogP contribution in [0.2, 0.25) is 5.02 Å². The number of benzene rings is 2. The van der Waals surface area contributed by atoms with Crippen LogP contribution < -0.4 is 14.8 Å². The average molecular weight is 362 g/mol. The number of nitrogens with one attached hydrogen (secondary N) is 1. The molecule has 1 amide bonds. The maximum Gasteiger partial charge on any atom is 0.338 e. The number of esters is 1. The van der Waals surface area contributed by atoms with Crippen LogP contribution in [-0.2, 0) is 9.53 Å². The van der Waals surface area contributed by atoms with Crippen LogP contribution in [0.3, 0.4) is 0 Å². The number of hydrogen-bond donors (Lipinski definition) is 1. The Labute approximate surface area is 149 Å². The molecule has 0 saturated heterocycles. The molecule has 1 aliphatic rings. The molecule has 0 saturated carbocycles. The van der Waals surface area contributed by atoms with Crippen LogP contribution in [0, 0.1) is 0 Å². The Morgan fingerprint density at radius 3 is 2.48 bits per heavy atom. The van der Waals surface area contributed by atoms with Crippen molar-refractivity contribution in [1.82, 2.24) is 0 Å². The number of carbonyl (C=O) groups is 2. The van der Waals surface area contributed by atoms with E-state index in [-0.39, 0.29) is 0 Å². The first-order valence-electron chi connectivity index (χ1n) is 7.70. The monoisotopic (exact) mass is 361 g/mol. The van der Waals surface area contributed by atoms with Crippen LogP contribution in [-0.4, -0.2) is 31.2 Å². The highest BCUT2D eigenvalue weighted by Crippen LogP contribution is 2.32. The van der Waals surface area contributed by atoms with Gasteiger partial charge in [-0.25, -0.2) is 4.79 Å². The smallest absolute Gasteiger partial charge is 0.338 e. The number of amides is 1. The van der Waals surface area contributed by atoms with E-state index in [9.17, 15) is 9.59 Å². The molecule has 1 unspecified atom stereocenters. The maximum absolute atomic E-state index is 12.2. The van der Waals surface area contributed by atoms with Crippen LogP contribution in [0.5, 0.6) is 11.5 Å². The second kappa shape index (κ2) is 7.44. The van der Waals surface area contributed by atoms with Gasteiger partial charge in [0.1, 0.15) is 13.2 Å². The Morgan fingerprint density at radius 2 is 1.76 bits per heavy atom. The largest absolute Gasteiger partial charge is 0.486 e. The van der Waals surface area contributed by atoms with Crippen molar-refractivity contribution >= 4 is 29.2 Å². The van der Waals surface area contributed by atoms with Crippen molar-refractivity contribution in [3.8, 4) is 11.5 Å². The van der Waals surface area contributed by atoms with Gasteiger partial charge in [0, 0.05) is 16.8 Å². The normalized spacial score (nSPS) is 13.7. The summed E-state index contributed by atoms with van der Waals surface area (Å²) < 4.78 is 16.1. The molecule has 1 heterocycles. The fraction of sp³-hybridized carbons (Fsp3) is 0.222. The molecule has 2 aromatic carbocycles. The molecule has 0 fully saturated rings. The Kier molecular flexibility index (Phi) is 5.09. The van der Waals surface area contributed by atoms with E-state index in [1.807, 2.05) is 0 Å². The van der Waals surface area contributed by atoms with Crippen molar-refractivity contribution in [3.63, 3.8) is 0 Å². The lowest BCUT2D eigenvalue weighted by atomic mass is 10.2. The van der Waals surface area contributed by atoms with Gasteiger partial charge in [-0.05, 0) is 43.3 Å². The van der Waals surface area contributed by atoms with E-state index in [1.165, 1.54) is 19.1 Å². The minimum atomic E-state index is -0.962. The highest BCUT2D eigenvalue weighted by atomic mass is 35.5. The van der Waals surface area contributed by atoms with E-state index in [4.69, 9.17) is 25.8 Å². The zero-order chi connectivity index (χ0) is 17.8. The Balaban J connectivity index is 1.60. The van der Waals surface area contributed by atoms with Gasteiger partial charge in [0.05, 0.1) is 5.56 Å². The molecule has 6 nitrogen and oxygen atoms in total. The molecule has 130 valence electrons. The molecule has 1 N–H and O–H groups in total. The van der Waals surface area contributed by atoms with Crippen molar-refractivity contribution in [1.29, 1.82) is 0 Å². The Morgan fingerprint density at radius 1 is 1.08 bits per heavy atom. The third-order valence-electron chi connectivity index (χ3n) is 3.54. The molecule has 25 heavy (non-hydrogen) atoms. The van der Waals surface area contributed by atoms with E-state index >= 15 is 0 Å². The summed E-state index contributed by atoms with van der Waals surface area (Å²) in [5, 5.41) is 3.20. The fourth-order valence-electron chi connectivity index (χ4n) is 2.23. The predicted molar refractivity (Wildman–Crippen MR) is 92.4 cm³/mol. The molecule has 0 aromatic heterocycles. The van der Waals surface area contributed by atoms with Crippen LogP contribution in [0.25, 0.3) is 0 Å². The lowest BCUT2D eigenvalue weighted by Crippen LogP contribution is -2.30. The van der Waals surface area contributed by atoms with Gasteiger partial charge in [0.25, 0.3) is 5.91 Å². The minimum absolute atomic E-state index is 0.323. The summed E-state index contributed by atoms with van der Waals surface area (Å²) in [6.45, 7) is 2.46. The number of anilines is 1. The molecule has 3 rings (SSSR count). The average Bonchev–Trinajstić information content (AvgIpc) is 2.62. The number of hydrogen-bond acceptors (Lipinski definition) is 5. The first-order chi connectivity index (χ1) is 12.0. The van der Waals surface area contributed by atoms with Gasteiger partial charge in [-0.15, -0.1) is 0 Å². The molecule has 1 atom stereocenters. The second-order valence-corrected chi connectivity index (χ2v) is 5.84. The SMILES string of the molecule is CC(OC(=O)c1ccc(Cl)cc1)C(=O)Nc1ccc2c(c1)OCCO2. The lowest BCUT2D eigenvalue weighted by molar-refractivity contribution is -0.123. The highest BCUT2D eigenvalue weighted by molar-refractivity contribution is 6.30. The topological polar surface area (TPSA) is 73.9 Å². The van der Waals surface area contributed by atoms with E-state index < -0.39 is 18.0 Å². The summed E-state index contributed by atoms with van der Waals surface area (Å²) in [5.41, 5.74) is 0.854. The van der Waals surface area contributed by atoms with Gasteiger partial charge in [0.2, 0.25) is 0 Å². The molecule has 2 aromatic rings. The summed E-state index contributed by atoms with van der Waals surface area (Å²) in [4.78, 5) is 24.3. The second-order valence-electron chi connectivity index (χ2n) is 5.40. The molecule has 0 aliphatic carbocycles. The predicted octanol–water partition coefficient (Wildman–Crippen LogP) is 3.30. The van der Waals surface area contributed by atoms with Gasteiger partial charge in [-0.3, -0.25) is 4.79 Å². The zero-order valence-electron chi connectivity index (χ0n) is 13.5. The van der Waals surface area contributed by atoms with Gasteiger partial charge in [-0.2, -0.15) is 0 Å². The first kappa shape index (κ1) is 17.1. The quantitative estimate of drug-likeness (QED) is 0.846. The van der Waals surface area contributed by atoms with Crippen LogP contribution >= 0.6 is 11.6 Å². The van der Waals surface area contributed by atoms with Gasteiger partial charge in [0.15, 0.2) is 17.6 Å². The number of fused-ring (bicyclic) bond motifs is 1. The zero-order valence-corrected chi connectivity index (χ0v) is 14.2. The Hall–Kier alpha value is -2.73. The number of carbonyl (C=O) groups excluding carboxylic acids is 2. The maximum atomic E-state index is 12.2. The molecular weight excluding hydrogens is 346 g/mol. The summed E-state index contributed by atoms with van der Waals surface area (Å²) in [6, 6.07) is 11.3. The van der Waals surface area contributed by atoms with Crippen LogP contribution in [0.1, 0.15) is 17.3 Å². The highest BCUT2D eigenvalue weighted by Gasteiger charge is 2.20. The molecule has 7 heteroatoms. The van der Waals surface area contributed by atoms with Crippen molar-refractivity contribution in [2.45, 2.75) is 13.0 Å². The van der Waals surface area contributed by atoms with Gasteiger partial charge >= 0.3 is 5.97 Å². The first-order valence-corrected chi connectivity index (χ1v) is 8.08. The number of halogens is 1. The fourth-order valence-corrected chi connectivity index (χ4v) is 2.36. The van der Waals surface area contributed by atoms with E-state index in [2.05, 4.69) is 5.32 Å². The van der Waals surface area contributed by atoms with Gasteiger partial charge in [-0.1, -0.05) is 11.6 Å². The summed E-state index contributed by atoms with van der Waals surface area (Å²) in [6.07, 6.45) is -0.962. The number of rotatable bonds is 4. The molecular formula is C18H16ClNO5. The summed E-state index contributed by atoms with van der Waals surface area (Å²) in [7, 11) is 0.